The molecule has 0 saturated carbocycles. The quantitative estimate of drug-likeness (QED) is 0.373. The first kappa shape index (κ1) is 19.7. The van der Waals surface area contributed by atoms with Crippen LogP contribution >= 0.6 is 0 Å². The number of ether oxygens (including phenoxy) is 1. The molecule has 3 aromatic heterocycles. The van der Waals surface area contributed by atoms with Crippen molar-refractivity contribution in [3.05, 3.63) is 78.6 Å². The molecule has 0 fully saturated rings. The summed E-state index contributed by atoms with van der Waals surface area (Å²) in [5, 5.41) is 13.9. The number of imidazole rings is 1. The summed E-state index contributed by atoms with van der Waals surface area (Å²) < 4.78 is 12.8. The first-order chi connectivity index (χ1) is 15.5. The molecular formula is C25H22N4O3. The third kappa shape index (κ3) is 3.33. The number of rotatable bonds is 5. The third-order valence-electron chi connectivity index (χ3n) is 5.50. The van der Waals surface area contributed by atoms with Crippen LogP contribution in [0.1, 0.15) is 11.4 Å². The van der Waals surface area contributed by atoms with Gasteiger partial charge in [-0.3, -0.25) is 0 Å². The number of nitrogens with one attached hydrogen (secondary N) is 1. The number of phenols is 1. The number of anilines is 2. The molecule has 32 heavy (non-hydrogen) atoms. The largest absolute Gasteiger partial charge is 0.507 e. The van der Waals surface area contributed by atoms with Crippen LogP contribution in [0.5, 0.6) is 11.5 Å². The molecule has 0 amide bonds. The summed E-state index contributed by atoms with van der Waals surface area (Å²) in [5.41, 5.74) is 6.57. The van der Waals surface area contributed by atoms with Crippen molar-refractivity contribution in [2.24, 2.45) is 0 Å². The Labute approximate surface area is 185 Å². The number of benzene rings is 2. The average molecular weight is 426 g/mol. The van der Waals surface area contributed by atoms with E-state index in [9.17, 15) is 5.11 Å². The number of aryl methyl sites for hydroxylation is 2. The van der Waals surface area contributed by atoms with Gasteiger partial charge in [0.2, 0.25) is 0 Å². The normalized spacial score (nSPS) is 11.1. The molecule has 0 aliphatic heterocycles. The van der Waals surface area contributed by atoms with Crippen molar-refractivity contribution < 1.29 is 14.3 Å². The third-order valence-corrected chi connectivity index (χ3v) is 5.50. The van der Waals surface area contributed by atoms with Gasteiger partial charge in [-0.25, -0.2) is 9.97 Å². The van der Waals surface area contributed by atoms with E-state index in [-0.39, 0.29) is 5.75 Å². The van der Waals surface area contributed by atoms with Crippen LogP contribution in [0, 0.1) is 13.8 Å². The van der Waals surface area contributed by atoms with Crippen LogP contribution in [0.3, 0.4) is 0 Å². The molecule has 0 spiro atoms. The van der Waals surface area contributed by atoms with Gasteiger partial charge in [0.15, 0.2) is 17.8 Å². The predicted octanol–water partition coefficient (Wildman–Crippen LogP) is 5.73. The highest BCUT2D eigenvalue weighted by Gasteiger charge is 2.15. The van der Waals surface area contributed by atoms with Gasteiger partial charge >= 0.3 is 0 Å². The molecule has 0 aliphatic carbocycles. The number of pyridine rings is 1. The zero-order chi connectivity index (χ0) is 22.2. The summed E-state index contributed by atoms with van der Waals surface area (Å²) in [6, 6.07) is 17.2. The van der Waals surface area contributed by atoms with E-state index < -0.39 is 0 Å². The Morgan fingerprint density at radius 1 is 1.06 bits per heavy atom. The Hall–Kier alpha value is -4.26. The van der Waals surface area contributed by atoms with E-state index >= 15 is 0 Å². The van der Waals surface area contributed by atoms with Crippen LogP contribution in [-0.4, -0.2) is 26.6 Å². The fraction of sp³-hybridized carbons (Fsp3) is 0.120. The maximum Gasteiger partial charge on any atom is 0.181 e. The Bertz CT molecular complexity index is 1430. The van der Waals surface area contributed by atoms with E-state index in [1.54, 1.807) is 13.2 Å². The van der Waals surface area contributed by atoms with Crippen molar-refractivity contribution in [2.75, 3.05) is 12.4 Å². The fourth-order valence-electron chi connectivity index (χ4n) is 3.84. The number of aromatic nitrogens is 3. The van der Waals surface area contributed by atoms with Crippen molar-refractivity contribution in [2.45, 2.75) is 13.8 Å². The number of nitrogens with zero attached hydrogens (tertiary/aromatic N) is 3. The van der Waals surface area contributed by atoms with Gasteiger partial charge in [-0.1, -0.05) is 12.1 Å². The molecule has 0 unspecified atom stereocenters. The fourth-order valence-corrected chi connectivity index (χ4v) is 3.84. The number of oxazole rings is 1. The Balaban J connectivity index is 1.53. The van der Waals surface area contributed by atoms with Gasteiger partial charge in [0, 0.05) is 29.2 Å². The van der Waals surface area contributed by atoms with E-state index in [0.29, 0.717) is 11.3 Å². The first-order valence-corrected chi connectivity index (χ1v) is 10.2. The molecule has 0 bridgehead atoms. The predicted molar refractivity (Wildman–Crippen MR) is 124 cm³/mol. The molecule has 2 aromatic carbocycles. The smallest absolute Gasteiger partial charge is 0.181 e. The first-order valence-electron chi connectivity index (χ1n) is 10.2. The summed E-state index contributed by atoms with van der Waals surface area (Å²) in [7, 11) is 1.65. The lowest BCUT2D eigenvalue weighted by atomic mass is 10.1. The number of fused-ring (bicyclic) bond motifs is 1. The topological polar surface area (TPSA) is 84.8 Å². The number of hydrogen-bond donors (Lipinski definition) is 2. The molecule has 0 saturated heterocycles. The molecule has 0 atom stereocenters. The van der Waals surface area contributed by atoms with Crippen LogP contribution < -0.4 is 10.1 Å². The molecule has 5 rings (SSSR count). The lowest BCUT2D eigenvalue weighted by molar-refractivity contribution is 0.415. The Kier molecular flexibility index (Phi) is 4.78. The average Bonchev–Trinajstić information content (AvgIpc) is 3.38. The summed E-state index contributed by atoms with van der Waals surface area (Å²) in [5.74, 6) is 1.45. The van der Waals surface area contributed by atoms with Crippen LogP contribution in [0.15, 0.2) is 71.6 Å². The van der Waals surface area contributed by atoms with Crippen molar-refractivity contribution in [3.63, 3.8) is 0 Å². The molecule has 160 valence electrons. The lowest BCUT2D eigenvalue weighted by Gasteiger charge is -2.10. The molecule has 7 heteroatoms. The minimum atomic E-state index is 0.110. The van der Waals surface area contributed by atoms with Crippen LogP contribution in [0.4, 0.5) is 11.4 Å². The summed E-state index contributed by atoms with van der Waals surface area (Å²) >= 11 is 0. The van der Waals surface area contributed by atoms with E-state index in [0.717, 1.165) is 45.4 Å². The highest BCUT2D eigenvalue weighted by Crippen LogP contribution is 2.35. The van der Waals surface area contributed by atoms with E-state index in [1.807, 2.05) is 73.0 Å². The van der Waals surface area contributed by atoms with Crippen LogP contribution in [-0.2, 0) is 0 Å². The number of phenolic OH excluding ortho intramolecular Hbond substituents is 1. The molecule has 0 aliphatic rings. The van der Waals surface area contributed by atoms with Crippen LogP contribution in [0.2, 0.25) is 0 Å². The van der Waals surface area contributed by atoms with Crippen molar-refractivity contribution in [3.8, 4) is 34.1 Å². The molecule has 7 nitrogen and oxygen atoms in total. The van der Waals surface area contributed by atoms with Gasteiger partial charge < -0.3 is 24.0 Å². The zero-order valence-corrected chi connectivity index (χ0v) is 18.0. The minimum absolute atomic E-state index is 0.110. The monoisotopic (exact) mass is 426 g/mol. The van der Waals surface area contributed by atoms with Crippen molar-refractivity contribution in [1.82, 2.24) is 14.4 Å². The van der Waals surface area contributed by atoms with Gasteiger partial charge in [-0.15, -0.1) is 0 Å². The maximum atomic E-state index is 10.6. The van der Waals surface area contributed by atoms with Gasteiger partial charge in [-0.2, -0.15) is 0 Å². The molecule has 5 aromatic rings. The van der Waals surface area contributed by atoms with Crippen molar-refractivity contribution >= 4 is 17.0 Å². The van der Waals surface area contributed by atoms with Crippen molar-refractivity contribution in [1.29, 1.82) is 0 Å². The highest BCUT2D eigenvalue weighted by molar-refractivity contribution is 5.80. The second-order valence-corrected chi connectivity index (χ2v) is 7.52. The maximum absolute atomic E-state index is 10.6. The van der Waals surface area contributed by atoms with E-state index in [4.69, 9.17) is 14.1 Å². The molecular weight excluding hydrogens is 404 g/mol. The Morgan fingerprint density at radius 3 is 2.69 bits per heavy atom. The van der Waals surface area contributed by atoms with Crippen LogP contribution in [0.25, 0.3) is 28.2 Å². The van der Waals surface area contributed by atoms with Gasteiger partial charge in [-0.05, 0) is 50.2 Å². The second-order valence-electron chi connectivity index (χ2n) is 7.52. The zero-order valence-electron chi connectivity index (χ0n) is 18.0. The summed E-state index contributed by atoms with van der Waals surface area (Å²) in [6.45, 7) is 3.88. The number of aromatic hydroxyl groups is 1. The molecule has 0 radical (unpaired) electrons. The number of methoxy groups -OCH3 is 1. The van der Waals surface area contributed by atoms with Gasteiger partial charge in [0.25, 0.3) is 0 Å². The number of hydrogen-bond acceptors (Lipinski definition) is 6. The van der Waals surface area contributed by atoms with E-state index in [2.05, 4.69) is 10.3 Å². The standard InChI is InChI=1S/C25H22N4O3/c1-15-24(32-14-26-15)20-10-9-18(13-22(20)30)27-21-8-5-11-29-16(2)23(28-25(21)29)17-6-4-7-19(12-17)31-3/h4-14,27,30H,1-3H3. The summed E-state index contributed by atoms with van der Waals surface area (Å²) in [4.78, 5) is 9.00. The Morgan fingerprint density at radius 2 is 1.94 bits per heavy atom. The van der Waals surface area contributed by atoms with Gasteiger partial charge in [0.1, 0.15) is 11.5 Å². The second kappa shape index (κ2) is 7.77. The van der Waals surface area contributed by atoms with E-state index in [1.165, 1.54) is 6.39 Å². The highest BCUT2D eigenvalue weighted by atomic mass is 16.5. The summed E-state index contributed by atoms with van der Waals surface area (Å²) in [6.07, 6.45) is 3.36. The molecule has 3 heterocycles. The lowest BCUT2D eigenvalue weighted by Crippen LogP contribution is -1.95. The minimum Gasteiger partial charge on any atom is -0.507 e. The molecule has 2 N–H and O–H groups in total. The SMILES string of the molecule is COc1cccc(-c2nc3c(Nc4ccc(-c5ocnc5C)c(O)c4)cccn3c2C)c1. The van der Waals surface area contributed by atoms with Gasteiger partial charge in [0.05, 0.1) is 29.7 Å².